The first kappa shape index (κ1) is 12.5. The van der Waals surface area contributed by atoms with E-state index in [-0.39, 0.29) is 11.4 Å². The minimum absolute atomic E-state index is 0.107. The van der Waals surface area contributed by atoms with Crippen LogP contribution in [0.4, 0.5) is 5.82 Å². The third-order valence-electron chi connectivity index (χ3n) is 2.57. The van der Waals surface area contributed by atoms with Gasteiger partial charge in [-0.2, -0.15) is 0 Å². The van der Waals surface area contributed by atoms with Crippen molar-refractivity contribution in [1.29, 1.82) is 0 Å². The van der Waals surface area contributed by atoms with Crippen molar-refractivity contribution < 1.29 is 4.79 Å². The van der Waals surface area contributed by atoms with E-state index in [0.29, 0.717) is 11.4 Å². The summed E-state index contributed by atoms with van der Waals surface area (Å²) in [4.78, 5) is 16.0. The second-order valence-corrected chi connectivity index (χ2v) is 4.61. The molecule has 0 aliphatic heterocycles. The molecule has 1 amide bonds. The van der Waals surface area contributed by atoms with Crippen LogP contribution < -0.4 is 11.1 Å². The number of nitrogen functional groups attached to an aromatic ring is 1. The number of rotatable bonds is 3. The molecule has 1 rings (SSSR count). The number of aryl methyl sites for hydroxylation is 1. The molecule has 0 saturated heterocycles. The molecular formula is C12H19N3O. The third kappa shape index (κ3) is 3.22. The van der Waals surface area contributed by atoms with Crippen LogP contribution in [0.2, 0.25) is 0 Å². The Morgan fingerprint density at radius 2 is 2.12 bits per heavy atom. The summed E-state index contributed by atoms with van der Waals surface area (Å²) < 4.78 is 0. The van der Waals surface area contributed by atoms with Crippen LogP contribution in [0.3, 0.4) is 0 Å². The molecule has 1 aromatic heterocycles. The topological polar surface area (TPSA) is 68.0 Å². The van der Waals surface area contributed by atoms with Crippen molar-refractivity contribution >= 4 is 11.7 Å². The second-order valence-electron chi connectivity index (χ2n) is 4.61. The lowest BCUT2D eigenvalue weighted by atomic mass is 10.0. The molecule has 0 saturated carbocycles. The molecule has 4 nitrogen and oxygen atoms in total. The lowest BCUT2D eigenvalue weighted by Gasteiger charge is -2.24. The van der Waals surface area contributed by atoms with Gasteiger partial charge in [0, 0.05) is 16.8 Å². The number of anilines is 1. The Balaban J connectivity index is 2.89. The lowest BCUT2D eigenvalue weighted by molar-refractivity contribution is 0.0911. The molecule has 0 atom stereocenters. The van der Waals surface area contributed by atoms with Crippen molar-refractivity contribution in [3.8, 4) is 0 Å². The van der Waals surface area contributed by atoms with Gasteiger partial charge in [-0.3, -0.25) is 4.79 Å². The number of nitrogens with one attached hydrogen (secondary N) is 1. The average molecular weight is 221 g/mol. The van der Waals surface area contributed by atoms with Gasteiger partial charge in [-0.15, -0.1) is 0 Å². The Morgan fingerprint density at radius 3 is 2.62 bits per heavy atom. The Morgan fingerprint density at radius 1 is 1.50 bits per heavy atom. The van der Waals surface area contributed by atoms with Gasteiger partial charge in [0.05, 0.1) is 0 Å². The van der Waals surface area contributed by atoms with Gasteiger partial charge < -0.3 is 11.1 Å². The molecule has 16 heavy (non-hydrogen) atoms. The van der Waals surface area contributed by atoms with Crippen LogP contribution in [0.15, 0.2) is 12.1 Å². The van der Waals surface area contributed by atoms with Crippen molar-refractivity contribution in [2.45, 2.75) is 39.7 Å². The number of aromatic nitrogens is 1. The summed E-state index contributed by atoms with van der Waals surface area (Å²) in [6, 6.07) is 3.32. The Hall–Kier alpha value is -1.58. The van der Waals surface area contributed by atoms with Crippen molar-refractivity contribution in [2.75, 3.05) is 5.73 Å². The highest BCUT2D eigenvalue weighted by Gasteiger charge is 2.19. The molecular weight excluding hydrogens is 202 g/mol. The highest BCUT2D eigenvalue weighted by atomic mass is 16.1. The number of nitrogens with two attached hydrogens (primary N) is 1. The van der Waals surface area contributed by atoms with Crippen molar-refractivity contribution in [3.63, 3.8) is 0 Å². The predicted octanol–water partition coefficient (Wildman–Crippen LogP) is 1.89. The van der Waals surface area contributed by atoms with Crippen LogP contribution in [-0.4, -0.2) is 16.4 Å². The zero-order valence-corrected chi connectivity index (χ0v) is 10.3. The molecule has 1 aromatic rings. The van der Waals surface area contributed by atoms with Crippen LogP contribution in [0, 0.1) is 6.92 Å². The van der Waals surface area contributed by atoms with Crippen LogP contribution in [-0.2, 0) is 0 Å². The first-order valence-corrected chi connectivity index (χ1v) is 5.41. The maximum absolute atomic E-state index is 11.9. The van der Waals surface area contributed by atoms with E-state index in [9.17, 15) is 4.79 Å². The monoisotopic (exact) mass is 221 g/mol. The van der Waals surface area contributed by atoms with Gasteiger partial charge in [-0.05, 0) is 39.3 Å². The molecule has 0 bridgehead atoms. The van der Waals surface area contributed by atoms with E-state index < -0.39 is 0 Å². The minimum atomic E-state index is -0.205. The summed E-state index contributed by atoms with van der Waals surface area (Å²) in [7, 11) is 0. The molecule has 88 valence electrons. The molecule has 0 radical (unpaired) electrons. The average Bonchev–Trinajstić information content (AvgIpc) is 2.15. The van der Waals surface area contributed by atoms with Gasteiger partial charge in [-0.25, -0.2) is 4.98 Å². The highest BCUT2D eigenvalue weighted by molar-refractivity contribution is 5.95. The van der Waals surface area contributed by atoms with Gasteiger partial charge in [0.1, 0.15) is 5.82 Å². The van der Waals surface area contributed by atoms with E-state index in [1.165, 1.54) is 0 Å². The van der Waals surface area contributed by atoms with Gasteiger partial charge in [0.2, 0.25) is 0 Å². The first-order valence-electron chi connectivity index (χ1n) is 5.41. The smallest absolute Gasteiger partial charge is 0.251 e. The van der Waals surface area contributed by atoms with E-state index in [4.69, 9.17) is 5.73 Å². The minimum Gasteiger partial charge on any atom is -0.384 e. The maximum atomic E-state index is 11.9. The summed E-state index contributed by atoms with van der Waals surface area (Å²) in [5.41, 5.74) is 6.71. The van der Waals surface area contributed by atoms with E-state index in [0.717, 1.165) is 12.1 Å². The molecule has 0 aromatic carbocycles. The molecule has 1 heterocycles. The largest absolute Gasteiger partial charge is 0.384 e. The number of nitrogens with zero attached hydrogens (tertiary/aromatic N) is 1. The van der Waals surface area contributed by atoms with E-state index in [1.54, 1.807) is 12.1 Å². The maximum Gasteiger partial charge on any atom is 0.251 e. The summed E-state index contributed by atoms with van der Waals surface area (Å²) in [6.07, 6.45) is 0.873. The Kier molecular flexibility index (Phi) is 3.52. The van der Waals surface area contributed by atoms with Crippen LogP contribution in [0.1, 0.15) is 43.2 Å². The Labute approximate surface area is 96.3 Å². The molecule has 0 spiro atoms. The molecule has 0 aliphatic carbocycles. The fourth-order valence-corrected chi connectivity index (χ4v) is 1.29. The number of carbonyl (C=O) groups is 1. The van der Waals surface area contributed by atoms with Crippen molar-refractivity contribution in [2.24, 2.45) is 0 Å². The quantitative estimate of drug-likeness (QED) is 0.819. The Bertz CT molecular complexity index is 379. The highest BCUT2D eigenvalue weighted by Crippen LogP contribution is 2.11. The SMILES string of the molecule is CCC(C)(C)NC(=O)c1cc(C)nc(N)c1. The van der Waals surface area contributed by atoms with E-state index >= 15 is 0 Å². The molecule has 3 N–H and O–H groups in total. The standard InChI is InChI=1S/C12H19N3O/c1-5-12(3,4)15-11(16)9-6-8(2)14-10(13)7-9/h6-7H,5H2,1-4H3,(H2,13,14)(H,15,16). The summed E-state index contributed by atoms with van der Waals surface area (Å²) in [5.74, 6) is 0.267. The van der Waals surface area contributed by atoms with Gasteiger partial charge in [-0.1, -0.05) is 6.92 Å². The molecule has 0 aliphatic rings. The van der Waals surface area contributed by atoms with E-state index in [2.05, 4.69) is 10.3 Å². The second kappa shape index (κ2) is 4.51. The van der Waals surface area contributed by atoms with Crippen molar-refractivity contribution in [1.82, 2.24) is 10.3 Å². The fraction of sp³-hybridized carbons (Fsp3) is 0.500. The number of carbonyl (C=O) groups excluding carboxylic acids is 1. The number of hydrogen-bond acceptors (Lipinski definition) is 3. The molecule has 0 fully saturated rings. The molecule has 0 unspecified atom stereocenters. The normalized spacial score (nSPS) is 11.2. The zero-order chi connectivity index (χ0) is 12.3. The van der Waals surface area contributed by atoms with E-state index in [1.807, 2.05) is 27.7 Å². The summed E-state index contributed by atoms with van der Waals surface area (Å²) >= 11 is 0. The first-order chi connectivity index (χ1) is 7.34. The van der Waals surface area contributed by atoms with Crippen LogP contribution in [0.5, 0.6) is 0 Å². The number of amides is 1. The number of pyridine rings is 1. The third-order valence-corrected chi connectivity index (χ3v) is 2.57. The molecule has 4 heteroatoms. The number of hydrogen-bond donors (Lipinski definition) is 2. The fourth-order valence-electron chi connectivity index (χ4n) is 1.29. The van der Waals surface area contributed by atoms with Gasteiger partial charge >= 0.3 is 0 Å². The lowest BCUT2D eigenvalue weighted by Crippen LogP contribution is -2.42. The van der Waals surface area contributed by atoms with Gasteiger partial charge in [0.25, 0.3) is 5.91 Å². The van der Waals surface area contributed by atoms with Crippen LogP contribution in [0.25, 0.3) is 0 Å². The summed E-state index contributed by atoms with van der Waals surface area (Å²) in [5, 5.41) is 2.95. The van der Waals surface area contributed by atoms with Crippen LogP contribution >= 0.6 is 0 Å². The predicted molar refractivity (Wildman–Crippen MR) is 65.2 cm³/mol. The zero-order valence-electron chi connectivity index (χ0n) is 10.3. The summed E-state index contributed by atoms with van der Waals surface area (Å²) in [6.45, 7) is 7.83. The van der Waals surface area contributed by atoms with Crippen molar-refractivity contribution in [3.05, 3.63) is 23.4 Å². The van der Waals surface area contributed by atoms with Gasteiger partial charge in [0.15, 0.2) is 0 Å².